The van der Waals surface area contributed by atoms with Crippen LogP contribution in [0.2, 0.25) is 0 Å². The van der Waals surface area contributed by atoms with Gasteiger partial charge in [0.25, 0.3) is 0 Å². The van der Waals surface area contributed by atoms with E-state index in [2.05, 4.69) is 52.9 Å². The summed E-state index contributed by atoms with van der Waals surface area (Å²) in [6.45, 7) is 2.09. The fourth-order valence-electron chi connectivity index (χ4n) is 2.91. The Morgan fingerprint density at radius 2 is 1.71 bits per heavy atom. The second-order valence-electron chi connectivity index (χ2n) is 5.89. The van der Waals surface area contributed by atoms with E-state index in [4.69, 9.17) is 4.42 Å². The number of aryl methyl sites for hydroxylation is 1. The first-order chi connectivity index (χ1) is 11.8. The van der Waals surface area contributed by atoms with E-state index in [0.29, 0.717) is 0 Å². The predicted octanol–water partition coefficient (Wildman–Crippen LogP) is 5.09. The molecule has 0 fully saturated rings. The summed E-state index contributed by atoms with van der Waals surface area (Å²) in [5, 5.41) is 0. The molecule has 0 saturated heterocycles. The molecule has 2 aromatic carbocycles. The third-order valence-corrected chi connectivity index (χ3v) is 4.17. The van der Waals surface area contributed by atoms with Gasteiger partial charge in [0.05, 0.1) is 6.33 Å². The van der Waals surface area contributed by atoms with E-state index in [1.54, 1.807) is 6.20 Å². The quantitative estimate of drug-likeness (QED) is 0.525. The third kappa shape index (κ3) is 2.76. The van der Waals surface area contributed by atoms with E-state index in [1.807, 2.05) is 42.9 Å². The smallest absolute Gasteiger partial charge is 0.134 e. The van der Waals surface area contributed by atoms with E-state index in [0.717, 1.165) is 17.1 Å². The van der Waals surface area contributed by atoms with Crippen LogP contribution >= 0.6 is 0 Å². The standard InChI is InChI=1S/C21H18N2O/c1-16-7-9-18(10-8-16)21(23-14-13-22-15-23)20-12-11-19(24-20)17-5-3-2-4-6-17/h2-15,21H,1H3. The Hall–Kier alpha value is -3.07. The largest absolute Gasteiger partial charge is 0.459 e. The van der Waals surface area contributed by atoms with Gasteiger partial charge < -0.3 is 8.98 Å². The highest BCUT2D eigenvalue weighted by Gasteiger charge is 2.20. The topological polar surface area (TPSA) is 31.0 Å². The number of aromatic nitrogens is 2. The SMILES string of the molecule is Cc1ccc(C(c2ccc(-c3ccccc3)o2)n2ccnc2)cc1. The lowest BCUT2D eigenvalue weighted by atomic mass is 10.0. The Labute approximate surface area is 141 Å². The van der Waals surface area contributed by atoms with Crippen LogP contribution in [0, 0.1) is 6.92 Å². The molecule has 0 aliphatic rings. The summed E-state index contributed by atoms with van der Waals surface area (Å²) in [4.78, 5) is 4.20. The van der Waals surface area contributed by atoms with Crippen molar-refractivity contribution in [1.29, 1.82) is 0 Å². The molecular formula is C21H18N2O. The van der Waals surface area contributed by atoms with E-state index in [1.165, 1.54) is 11.1 Å². The van der Waals surface area contributed by atoms with Gasteiger partial charge in [-0.3, -0.25) is 0 Å². The zero-order valence-electron chi connectivity index (χ0n) is 13.5. The van der Waals surface area contributed by atoms with E-state index in [9.17, 15) is 0 Å². The number of furan rings is 1. The van der Waals surface area contributed by atoms with E-state index >= 15 is 0 Å². The van der Waals surface area contributed by atoms with Gasteiger partial charge in [0.1, 0.15) is 17.6 Å². The monoisotopic (exact) mass is 314 g/mol. The van der Waals surface area contributed by atoms with Gasteiger partial charge >= 0.3 is 0 Å². The molecule has 3 nitrogen and oxygen atoms in total. The first-order valence-corrected chi connectivity index (χ1v) is 8.00. The maximum Gasteiger partial charge on any atom is 0.134 e. The van der Waals surface area contributed by atoms with Crippen molar-refractivity contribution < 1.29 is 4.42 Å². The van der Waals surface area contributed by atoms with Crippen LogP contribution in [0.15, 0.2) is 89.9 Å². The van der Waals surface area contributed by atoms with Gasteiger partial charge in [-0.15, -0.1) is 0 Å². The normalized spacial score (nSPS) is 12.2. The third-order valence-electron chi connectivity index (χ3n) is 4.17. The fourth-order valence-corrected chi connectivity index (χ4v) is 2.91. The van der Waals surface area contributed by atoms with Crippen LogP contribution in [0.4, 0.5) is 0 Å². The number of benzene rings is 2. The number of nitrogens with zero attached hydrogens (tertiary/aromatic N) is 2. The molecule has 3 heteroatoms. The molecule has 2 aromatic heterocycles. The van der Waals surface area contributed by atoms with Gasteiger partial charge in [-0.1, -0.05) is 60.2 Å². The van der Waals surface area contributed by atoms with Crippen LogP contribution in [0.5, 0.6) is 0 Å². The van der Waals surface area contributed by atoms with E-state index in [-0.39, 0.29) is 6.04 Å². The summed E-state index contributed by atoms with van der Waals surface area (Å²) in [5.74, 6) is 1.78. The average Bonchev–Trinajstić information content (AvgIpc) is 3.30. The molecule has 4 rings (SSSR count). The number of imidazole rings is 1. The summed E-state index contributed by atoms with van der Waals surface area (Å²) < 4.78 is 8.26. The molecule has 0 spiro atoms. The molecule has 0 saturated carbocycles. The van der Waals surface area contributed by atoms with Crippen LogP contribution in [0.3, 0.4) is 0 Å². The van der Waals surface area contributed by atoms with Crippen LogP contribution in [-0.4, -0.2) is 9.55 Å². The van der Waals surface area contributed by atoms with Gasteiger partial charge in [-0.25, -0.2) is 4.98 Å². The molecule has 0 N–H and O–H groups in total. The van der Waals surface area contributed by atoms with Crippen molar-refractivity contribution >= 4 is 0 Å². The first-order valence-electron chi connectivity index (χ1n) is 8.00. The number of rotatable bonds is 4. The highest BCUT2D eigenvalue weighted by Crippen LogP contribution is 2.31. The van der Waals surface area contributed by atoms with Crippen LogP contribution in [-0.2, 0) is 0 Å². The summed E-state index contributed by atoms with van der Waals surface area (Å²) >= 11 is 0. The van der Waals surface area contributed by atoms with Crippen molar-refractivity contribution in [1.82, 2.24) is 9.55 Å². The second kappa shape index (κ2) is 6.20. The van der Waals surface area contributed by atoms with Gasteiger partial charge in [0, 0.05) is 18.0 Å². The van der Waals surface area contributed by atoms with Crippen molar-refractivity contribution in [2.24, 2.45) is 0 Å². The zero-order valence-corrected chi connectivity index (χ0v) is 13.5. The molecular weight excluding hydrogens is 296 g/mol. The molecule has 1 unspecified atom stereocenters. The van der Waals surface area contributed by atoms with E-state index < -0.39 is 0 Å². The Morgan fingerprint density at radius 3 is 2.42 bits per heavy atom. The minimum Gasteiger partial charge on any atom is -0.459 e. The highest BCUT2D eigenvalue weighted by molar-refractivity contribution is 5.57. The lowest BCUT2D eigenvalue weighted by Gasteiger charge is -2.17. The number of hydrogen-bond acceptors (Lipinski definition) is 2. The lowest BCUT2D eigenvalue weighted by Crippen LogP contribution is -2.09. The zero-order chi connectivity index (χ0) is 16.4. The maximum atomic E-state index is 6.19. The van der Waals surface area contributed by atoms with Crippen LogP contribution in [0.25, 0.3) is 11.3 Å². The summed E-state index contributed by atoms with van der Waals surface area (Å²) in [6, 6.07) is 22.8. The van der Waals surface area contributed by atoms with Crippen molar-refractivity contribution in [3.8, 4) is 11.3 Å². The number of hydrogen-bond donors (Lipinski definition) is 0. The van der Waals surface area contributed by atoms with Gasteiger partial charge in [-0.05, 0) is 24.6 Å². The molecule has 24 heavy (non-hydrogen) atoms. The molecule has 0 amide bonds. The molecule has 1 atom stereocenters. The molecule has 0 bridgehead atoms. The van der Waals surface area contributed by atoms with Crippen LogP contribution < -0.4 is 0 Å². The van der Waals surface area contributed by atoms with Gasteiger partial charge in [0.2, 0.25) is 0 Å². The Bertz CT molecular complexity index is 906. The average molecular weight is 314 g/mol. The van der Waals surface area contributed by atoms with Gasteiger partial charge in [-0.2, -0.15) is 0 Å². The summed E-state index contributed by atoms with van der Waals surface area (Å²) in [5.41, 5.74) is 3.50. The lowest BCUT2D eigenvalue weighted by molar-refractivity contribution is 0.470. The summed E-state index contributed by atoms with van der Waals surface area (Å²) in [6.07, 6.45) is 5.59. The minimum absolute atomic E-state index is 0.0226. The highest BCUT2D eigenvalue weighted by atomic mass is 16.3. The first kappa shape index (κ1) is 14.5. The molecule has 0 aliphatic heterocycles. The Kier molecular flexibility index (Phi) is 3.75. The Balaban J connectivity index is 1.77. The molecule has 4 aromatic rings. The van der Waals surface area contributed by atoms with Crippen molar-refractivity contribution in [2.75, 3.05) is 0 Å². The van der Waals surface area contributed by atoms with Crippen LogP contribution in [0.1, 0.15) is 22.9 Å². The second-order valence-corrected chi connectivity index (χ2v) is 5.89. The fraction of sp³-hybridized carbons (Fsp3) is 0.0952. The minimum atomic E-state index is -0.0226. The predicted molar refractivity (Wildman–Crippen MR) is 94.8 cm³/mol. The Morgan fingerprint density at radius 1 is 0.917 bits per heavy atom. The molecule has 0 aliphatic carbocycles. The van der Waals surface area contributed by atoms with Crippen molar-refractivity contribution in [2.45, 2.75) is 13.0 Å². The molecule has 118 valence electrons. The summed E-state index contributed by atoms with van der Waals surface area (Å²) in [7, 11) is 0. The molecule has 2 heterocycles. The maximum absolute atomic E-state index is 6.19. The van der Waals surface area contributed by atoms with Gasteiger partial charge in [0.15, 0.2) is 0 Å². The molecule has 0 radical (unpaired) electrons. The van der Waals surface area contributed by atoms with Crippen molar-refractivity contribution in [3.05, 3.63) is 102 Å². The van der Waals surface area contributed by atoms with Crippen molar-refractivity contribution in [3.63, 3.8) is 0 Å².